The van der Waals surface area contributed by atoms with Crippen LogP contribution in [0.25, 0.3) is 0 Å². The van der Waals surface area contributed by atoms with Crippen LogP contribution in [-0.2, 0) is 27.9 Å². The van der Waals surface area contributed by atoms with Crippen LogP contribution < -0.4 is 0 Å². The molecule has 0 aliphatic carbocycles. The van der Waals surface area contributed by atoms with Gasteiger partial charge in [0.1, 0.15) is 19.3 Å². The van der Waals surface area contributed by atoms with E-state index in [4.69, 9.17) is 18.5 Å². The van der Waals surface area contributed by atoms with Gasteiger partial charge < -0.3 is 18.9 Å². The van der Waals surface area contributed by atoms with Crippen molar-refractivity contribution in [2.75, 3.05) is 54.1 Å². The van der Waals surface area contributed by atoms with Crippen molar-refractivity contribution in [1.29, 1.82) is 0 Å². The number of nitrogens with zero attached hydrogens (tertiary/aromatic N) is 1. The first-order valence-corrected chi connectivity index (χ1v) is 25.9. The zero-order valence-corrected chi connectivity index (χ0v) is 40.1. The summed E-state index contributed by atoms with van der Waals surface area (Å²) in [5, 5.41) is 0. The molecule has 1 N–H and O–H groups in total. The van der Waals surface area contributed by atoms with Crippen molar-refractivity contribution in [3.63, 3.8) is 0 Å². The third-order valence-electron chi connectivity index (χ3n) is 10.4. The Labute approximate surface area is 365 Å². The Bertz CT molecular complexity index is 1080. The van der Waals surface area contributed by atoms with Gasteiger partial charge in [-0.2, -0.15) is 0 Å². The van der Waals surface area contributed by atoms with Crippen LogP contribution in [0.2, 0.25) is 0 Å². The number of phosphoric acid groups is 1. The number of hydrogen-bond acceptors (Lipinski definition) is 6. The van der Waals surface area contributed by atoms with E-state index in [1.54, 1.807) is 0 Å². The molecule has 0 aliphatic rings. The van der Waals surface area contributed by atoms with E-state index in [-0.39, 0.29) is 25.8 Å². The summed E-state index contributed by atoms with van der Waals surface area (Å²) in [4.78, 5) is 23.0. The van der Waals surface area contributed by atoms with Gasteiger partial charge in [0.15, 0.2) is 0 Å². The predicted octanol–water partition coefficient (Wildman–Crippen LogP) is 14.7. The molecule has 0 aliphatic heterocycles. The Kier molecular flexibility index (Phi) is 42.0. The molecule has 2 atom stereocenters. The largest absolute Gasteiger partial charge is 0.472 e. The molecule has 0 saturated heterocycles. The maximum atomic E-state index is 12.7. The van der Waals surface area contributed by atoms with Gasteiger partial charge in [-0.1, -0.05) is 172 Å². The van der Waals surface area contributed by atoms with Crippen LogP contribution in [-0.4, -0.2) is 75.6 Å². The van der Waals surface area contributed by atoms with Crippen LogP contribution in [0.1, 0.15) is 206 Å². The average Bonchev–Trinajstić information content (AvgIpc) is 3.19. The highest BCUT2D eigenvalue weighted by molar-refractivity contribution is 7.47. The molecule has 0 fully saturated rings. The van der Waals surface area contributed by atoms with E-state index in [0.29, 0.717) is 24.1 Å². The zero-order chi connectivity index (χ0) is 43.4. The lowest BCUT2D eigenvalue weighted by Gasteiger charge is -2.24. The smallest absolute Gasteiger partial charge is 0.457 e. The van der Waals surface area contributed by atoms with Crippen LogP contribution in [0, 0.1) is 0 Å². The number of esters is 1. The fraction of sp³-hybridized carbons (Fsp3) is 0.820. The Morgan fingerprint density at radius 3 is 1.37 bits per heavy atom. The van der Waals surface area contributed by atoms with Gasteiger partial charge in [-0.05, 0) is 77.0 Å². The molecule has 59 heavy (non-hydrogen) atoms. The highest BCUT2D eigenvalue weighted by Crippen LogP contribution is 2.43. The molecule has 0 aromatic carbocycles. The van der Waals surface area contributed by atoms with E-state index in [9.17, 15) is 14.3 Å². The molecule has 9 heteroatoms. The summed E-state index contributed by atoms with van der Waals surface area (Å²) in [6.07, 6.45) is 52.8. The summed E-state index contributed by atoms with van der Waals surface area (Å²) >= 11 is 0. The lowest BCUT2D eigenvalue weighted by molar-refractivity contribution is -0.870. The summed E-state index contributed by atoms with van der Waals surface area (Å²) < 4.78 is 35.1. The van der Waals surface area contributed by atoms with E-state index in [1.807, 2.05) is 21.1 Å². The second-order valence-electron chi connectivity index (χ2n) is 17.5. The number of allylic oxidation sites excluding steroid dienone is 8. The molecule has 346 valence electrons. The van der Waals surface area contributed by atoms with Crippen LogP contribution in [0.3, 0.4) is 0 Å². The van der Waals surface area contributed by atoms with Crippen molar-refractivity contribution < 1.29 is 37.3 Å². The number of phosphoric ester groups is 1. The van der Waals surface area contributed by atoms with Crippen molar-refractivity contribution >= 4 is 13.8 Å². The number of rotatable bonds is 45. The molecular formula is C50H95NO7P+. The van der Waals surface area contributed by atoms with E-state index in [1.165, 1.54) is 135 Å². The molecular weight excluding hydrogens is 758 g/mol. The number of unbranched alkanes of at least 4 members (excludes halogenated alkanes) is 23. The SMILES string of the molecule is CCCCC/C=C\C/C=C\CCCCCCCCCCCCOC[C@H](COP(=O)(O)OCC[N+](C)(C)C)OC(=O)CCCCCCCCC/C=C\C/C=C\CCCCC. The highest BCUT2D eigenvalue weighted by Gasteiger charge is 2.26. The maximum Gasteiger partial charge on any atom is 0.472 e. The molecule has 0 radical (unpaired) electrons. The van der Waals surface area contributed by atoms with Gasteiger partial charge in [0, 0.05) is 13.0 Å². The molecule has 8 nitrogen and oxygen atoms in total. The Balaban J connectivity index is 4.19. The lowest BCUT2D eigenvalue weighted by Crippen LogP contribution is -2.37. The first-order chi connectivity index (χ1) is 28.6. The number of likely N-dealkylation sites (N-methyl/N-ethyl adjacent to an activating group) is 1. The van der Waals surface area contributed by atoms with Gasteiger partial charge in [0.25, 0.3) is 0 Å². The number of hydrogen-bond donors (Lipinski definition) is 1. The summed E-state index contributed by atoms with van der Waals surface area (Å²) in [6, 6.07) is 0. The van der Waals surface area contributed by atoms with Crippen LogP contribution in [0.5, 0.6) is 0 Å². The lowest BCUT2D eigenvalue weighted by atomic mass is 10.1. The molecule has 0 heterocycles. The molecule has 0 saturated carbocycles. The van der Waals surface area contributed by atoms with Crippen molar-refractivity contribution in [1.82, 2.24) is 0 Å². The third kappa shape index (κ3) is 47.4. The van der Waals surface area contributed by atoms with E-state index >= 15 is 0 Å². The maximum absolute atomic E-state index is 12.7. The van der Waals surface area contributed by atoms with Gasteiger partial charge in [-0.3, -0.25) is 13.8 Å². The molecule has 0 spiro atoms. The zero-order valence-electron chi connectivity index (χ0n) is 39.2. The van der Waals surface area contributed by atoms with Gasteiger partial charge in [0.05, 0.1) is 34.4 Å². The van der Waals surface area contributed by atoms with Gasteiger partial charge in [-0.25, -0.2) is 4.57 Å². The molecule has 0 amide bonds. The summed E-state index contributed by atoms with van der Waals surface area (Å²) in [5.41, 5.74) is 0. The number of ether oxygens (including phenoxy) is 2. The molecule has 0 bridgehead atoms. The van der Waals surface area contributed by atoms with E-state index in [0.717, 1.165) is 51.4 Å². The normalized spacial score (nSPS) is 14.1. The highest BCUT2D eigenvalue weighted by atomic mass is 31.2. The monoisotopic (exact) mass is 853 g/mol. The van der Waals surface area contributed by atoms with Crippen molar-refractivity contribution in [3.05, 3.63) is 48.6 Å². The van der Waals surface area contributed by atoms with Crippen LogP contribution in [0.15, 0.2) is 48.6 Å². The molecule has 1 unspecified atom stereocenters. The standard InChI is InChI=1S/C50H94NO7P/c1-6-8-10-12-14-16-18-20-22-24-25-26-28-30-32-34-36-38-40-42-45-55-47-49(48-57-59(53,54)56-46-44-51(3,4)5)58-50(52)43-41-39-37-35-33-31-29-27-23-21-19-17-15-13-11-9-7-2/h14-17,20-23,49H,6-13,18-19,24-48H2,1-5H3/p+1/b16-14-,17-15-,22-20-,23-21-/t49-/m1/s1. The fourth-order valence-electron chi connectivity index (χ4n) is 6.55. The molecule has 0 aromatic heterocycles. The molecule has 0 aromatic rings. The Morgan fingerprint density at radius 1 is 0.525 bits per heavy atom. The minimum absolute atomic E-state index is 0.0853. The second kappa shape index (κ2) is 43.1. The van der Waals surface area contributed by atoms with Crippen molar-refractivity contribution in [3.8, 4) is 0 Å². The second-order valence-corrected chi connectivity index (χ2v) is 18.9. The van der Waals surface area contributed by atoms with E-state index < -0.39 is 13.9 Å². The van der Waals surface area contributed by atoms with Crippen LogP contribution >= 0.6 is 7.82 Å². The van der Waals surface area contributed by atoms with Crippen molar-refractivity contribution in [2.45, 2.75) is 213 Å². The fourth-order valence-corrected chi connectivity index (χ4v) is 7.30. The number of carbonyl (C=O) groups is 1. The summed E-state index contributed by atoms with van der Waals surface area (Å²) in [6.45, 7) is 5.57. The Hall–Kier alpha value is -1.54. The van der Waals surface area contributed by atoms with Gasteiger partial charge in [-0.15, -0.1) is 0 Å². The van der Waals surface area contributed by atoms with Crippen LogP contribution in [0.4, 0.5) is 0 Å². The topological polar surface area (TPSA) is 91.3 Å². The predicted molar refractivity (Wildman–Crippen MR) is 252 cm³/mol. The summed E-state index contributed by atoms with van der Waals surface area (Å²) in [7, 11) is 1.66. The minimum atomic E-state index is -4.28. The summed E-state index contributed by atoms with van der Waals surface area (Å²) in [5.74, 6) is -0.322. The number of carbonyl (C=O) groups excluding carboxylic acids is 1. The van der Waals surface area contributed by atoms with E-state index in [2.05, 4.69) is 62.5 Å². The quantitative estimate of drug-likeness (QED) is 0.0214. The first-order valence-electron chi connectivity index (χ1n) is 24.4. The molecule has 0 rings (SSSR count). The van der Waals surface area contributed by atoms with Crippen molar-refractivity contribution in [2.24, 2.45) is 0 Å². The minimum Gasteiger partial charge on any atom is -0.457 e. The van der Waals surface area contributed by atoms with Gasteiger partial charge >= 0.3 is 13.8 Å². The van der Waals surface area contributed by atoms with Gasteiger partial charge in [0.2, 0.25) is 0 Å². The first kappa shape index (κ1) is 57.5. The Morgan fingerprint density at radius 2 is 0.932 bits per heavy atom. The average molecular weight is 853 g/mol. The third-order valence-corrected chi connectivity index (χ3v) is 11.3. The number of quaternary nitrogens is 1.